The second kappa shape index (κ2) is 9.88. The van der Waals surface area contributed by atoms with Gasteiger partial charge in [0, 0.05) is 31.0 Å². The van der Waals surface area contributed by atoms with Crippen molar-refractivity contribution in [3.05, 3.63) is 23.3 Å². The van der Waals surface area contributed by atoms with Crippen LogP contribution in [0.1, 0.15) is 28.8 Å². The number of carbonyl (C=O) groups is 4. The number of nitrogens with zero attached hydrogens (tertiary/aromatic N) is 3. The van der Waals surface area contributed by atoms with Crippen LogP contribution in [-0.4, -0.2) is 125 Å². The minimum Gasteiger partial charge on any atom is -0.505 e. The number of ketones is 3. The van der Waals surface area contributed by atoms with Gasteiger partial charge in [-0.1, -0.05) is 6.07 Å². The van der Waals surface area contributed by atoms with Crippen molar-refractivity contribution in [1.29, 1.82) is 0 Å². The molecule has 0 radical (unpaired) electrons. The number of nitrogens with two attached hydrogens (primary N) is 1. The molecule has 8 atom stereocenters. The number of hydrogen-bond acceptors (Lipinski definition) is 11. The number of Topliss-reactive ketones (excluding diaryl/α,β-unsaturated/α-hetero) is 3. The highest BCUT2D eigenvalue weighted by molar-refractivity contribution is 6.25. The summed E-state index contributed by atoms with van der Waals surface area (Å²) >= 11 is 0. The number of piperidine rings is 1. The van der Waals surface area contributed by atoms with Crippen LogP contribution in [0, 0.1) is 23.7 Å². The van der Waals surface area contributed by atoms with Gasteiger partial charge in [0.2, 0.25) is 5.91 Å². The molecule has 6 N–H and O–H groups in total. The highest BCUT2D eigenvalue weighted by atomic mass is 16.3. The number of likely N-dealkylation sites (N-methyl/N-ethyl adjacent to an activating group) is 1. The lowest BCUT2D eigenvalue weighted by Gasteiger charge is -2.56. The van der Waals surface area contributed by atoms with Gasteiger partial charge >= 0.3 is 0 Å². The number of aromatic hydroxyl groups is 1. The number of fused-ring (bicyclic) bond motifs is 3. The lowest BCUT2D eigenvalue weighted by Crippen LogP contribution is -2.78. The molecule has 0 aromatic heterocycles. The number of phenolic OH excluding ortho intramolecular Hbond substituents is 1. The molecule has 1 aliphatic heterocycles. The molecular weight excluding hydrogens is 520 g/mol. The van der Waals surface area contributed by atoms with Gasteiger partial charge in [0.05, 0.1) is 29.4 Å². The number of aliphatic hydroxyl groups excluding tert-OH is 2. The summed E-state index contributed by atoms with van der Waals surface area (Å²) in [6, 6.07) is 2.37. The number of carbonyl (C=O) groups excluding carboxylic acids is 4. The molecule has 1 heterocycles. The molecule has 3 unspecified atom stereocenters. The fraction of sp³-hybridized carbons (Fsp3) is 0.643. The normalized spacial score (nSPS) is 36.7. The van der Waals surface area contributed by atoms with Gasteiger partial charge in [0.1, 0.15) is 11.7 Å². The Labute approximate surface area is 232 Å². The second-order valence-electron chi connectivity index (χ2n) is 12.2. The fourth-order valence-corrected chi connectivity index (χ4v) is 7.66. The number of amides is 1. The van der Waals surface area contributed by atoms with Crippen LogP contribution in [-0.2, 0) is 20.8 Å². The van der Waals surface area contributed by atoms with Gasteiger partial charge in [-0.05, 0) is 65.1 Å². The van der Waals surface area contributed by atoms with E-state index in [1.165, 1.54) is 19.0 Å². The summed E-state index contributed by atoms with van der Waals surface area (Å²) in [5.74, 6) is -10.8. The number of likely N-dealkylation sites (tertiary alicyclic amines) is 1. The van der Waals surface area contributed by atoms with E-state index in [0.717, 1.165) is 25.9 Å². The summed E-state index contributed by atoms with van der Waals surface area (Å²) in [4.78, 5) is 59.2. The molecule has 0 spiro atoms. The molecule has 1 aromatic carbocycles. The molecule has 1 amide bonds. The molecule has 12 nitrogen and oxygen atoms in total. The number of aliphatic hydroxyl groups is 3. The minimum atomic E-state index is -2.93. The van der Waals surface area contributed by atoms with Crippen LogP contribution in [0.5, 0.6) is 5.75 Å². The van der Waals surface area contributed by atoms with Crippen molar-refractivity contribution in [3.63, 3.8) is 0 Å². The third-order valence-corrected chi connectivity index (χ3v) is 9.84. The van der Waals surface area contributed by atoms with Gasteiger partial charge in [-0.25, -0.2) is 0 Å². The van der Waals surface area contributed by atoms with Crippen molar-refractivity contribution in [2.75, 3.05) is 46.2 Å². The van der Waals surface area contributed by atoms with Crippen LogP contribution in [0.2, 0.25) is 0 Å². The third kappa shape index (κ3) is 3.92. The Morgan fingerprint density at radius 3 is 2.25 bits per heavy atom. The van der Waals surface area contributed by atoms with E-state index >= 15 is 0 Å². The van der Waals surface area contributed by atoms with E-state index in [0.29, 0.717) is 11.3 Å². The van der Waals surface area contributed by atoms with Crippen molar-refractivity contribution in [2.45, 2.75) is 49.2 Å². The number of phenols is 1. The summed E-state index contributed by atoms with van der Waals surface area (Å²) in [5.41, 5.74) is 3.27. The van der Waals surface area contributed by atoms with Crippen LogP contribution >= 0.6 is 0 Å². The average molecular weight is 559 g/mol. The molecule has 0 bridgehead atoms. The Morgan fingerprint density at radius 1 is 1.05 bits per heavy atom. The summed E-state index contributed by atoms with van der Waals surface area (Å²) in [7, 11) is 6.92. The first-order valence-electron chi connectivity index (χ1n) is 13.7. The zero-order valence-corrected chi connectivity index (χ0v) is 23.1. The average Bonchev–Trinajstić information content (AvgIpc) is 2.88. The number of primary amides is 1. The maximum atomic E-state index is 14.0. The van der Waals surface area contributed by atoms with Crippen molar-refractivity contribution >= 4 is 28.9 Å². The monoisotopic (exact) mass is 558 g/mol. The lowest BCUT2D eigenvalue weighted by molar-refractivity contribution is -0.207. The molecule has 5 rings (SSSR count). The molecule has 218 valence electrons. The van der Waals surface area contributed by atoms with Crippen LogP contribution in [0.15, 0.2) is 12.1 Å². The summed E-state index contributed by atoms with van der Waals surface area (Å²) in [5, 5.41) is 45.6. The highest BCUT2D eigenvalue weighted by Crippen LogP contribution is 2.52. The summed E-state index contributed by atoms with van der Waals surface area (Å²) < 4.78 is 0. The zero-order chi connectivity index (χ0) is 29.4. The number of hydrogen-bond donors (Lipinski definition) is 5. The number of anilines is 1. The highest BCUT2D eigenvalue weighted by Gasteiger charge is 2.72. The fourth-order valence-electron chi connectivity index (χ4n) is 7.66. The molecule has 1 saturated heterocycles. The third-order valence-electron chi connectivity index (χ3n) is 9.84. The molecule has 3 aliphatic carbocycles. The van der Waals surface area contributed by atoms with Crippen LogP contribution < -0.4 is 10.6 Å². The van der Waals surface area contributed by atoms with Crippen molar-refractivity contribution < 1.29 is 39.6 Å². The second-order valence-corrected chi connectivity index (χ2v) is 12.2. The maximum Gasteiger partial charge on any atom is 0.230 e. The van der Waals surface area contributed by atoms with Gasteiger partial charge < -0.3 is 40.9 Å². The Hall–Kier alpha value is -2.90. The maximum absolute atomic E-state index is 14.0. The van der Waals surface area contributed by atoms with Crippen LogP contribution in [0.3, 0.4) is 0 Å². The minimum absolute atomic E-state index is 0.0285. The van der Waals surface area contributed by atoms with Gasteiger partial charge in [-0.3, -0.25) is 19.2 Å². The van der Waals surface area contributed by atoms with Gasteiger partial charge in [0.15, 0.2) is 23.0 Å². The lowest BCUT2D eigenvalue weighted by atomic mass is 9.51. The van der Waals surface area contributed by atoms with E-state index in [-0.39, 0.29) is 23.8 Å². The molecule has 12 heteroatoms. The topological polar surface area (TPSA) is 185 Å². The first kappa shape index (κ1) is 28.6. The largest absolute Gasteiger partial charge is 0.505 e. The quantitative estimate of drug-likeness (QED) is 0.262. The van der Waals surface area contributed by atoms with Gasteiger partial charge in [0.25, 0.3) is 0 Å². The predicted molar refractivity (Wildman–Crippen MR) is 143 cm³/mol. The Kier molecular flexibility index (Phi) is 7.07. The molecule has 40 heavy (non-hydrogen) atoms. The van der Waals surface area contributed by atoms with E-state index in [4.69, 9.17) is 5.73 Å². The Morgan fingerprint density at radius 2 is 1.68 bits per heavy atom. The SMILES string of the molecule is CN1CCC(N(C)c2ccc3c(c2O)C(=O)C2C(=O)[C@@]4(O)C(=O)C(C(N)=O)C(O)[C@H](N(C)C)[C@H]4[C@H](O)[C@H]2C3)CC1. The van der Waals surface area contributed by atoms with Gasteiger partial charge in [-0.2, -0.15) is 0 Å². The van der Waals surface area contributed by atoms with Crippen LogP contribution in [0.25, 0.3) is 0 Å². The van der Waals surface area contributed by atoms with E-state index < -0.39 is 70.8 Å². The predicted octanol–water partition coefficient (Wildman–Crippen LogP) is -1.84. The zero-order valence-electron chi connectivity index (χ0n) is 23.1. The first-order chi connectivity index (χ1) is 18.7. The molecular formula is C28H38N4O8. The van der Waals surface area contributed by atoms with E-state index in [9.17, 15) is 39.6 Å². The molecule has 3 fully saturated rings. The number of rotatable bonds is 4. The smallest absolute Gasteiger partial charge is 0.230 e. The van der Waals surface area contributed by atoms with Crippen molar-refractivity contribution in [1.82, 2.24) is 9.80 Å². The summed E-state index contributed by atoms with van der Waals surface area (Å²) in [6.07, 6.45) is -1.49. The Balaban J connectivity index is 1.57. The molecule has 4 aliphatic rings. The van der Waals surface area contributed by atoms with Gasteiger partial charge in [-0.15, -0.1) is 0 Å². The van der Waals surface area contributed by atoms with E-state index in [1.807, 2.05) is 19.0 Å². The van der Waals surface area contributed by atoms with E-state index in [1.54, 1.807) is 12.1 Å². The van der Waals surface area contributed by atoms with Crippen molar-refractivity contribution in [3.8, 4) is 5.75 Å². The summed E-state index contributed by atoms with van der Waals surface area (Å²) in [6.45, 7) is 1.77. The molecule has 2 saturated carbocycles. The molecule has 1 aromatic rings. The number of benzene rings is 1. The van der Waals surface area contributed by atoms with Crippen LogP contribution in [0.4, 0.5) is 5.69 Å². The standard InChI is InChI=1S/C28H38N4O8/c1-30(2)20-19-21(33)14-11-12-5-6-15(32(4)13-7-9-31(3)10-8-13)22(34)16(12)23(35)17(14)25(37)28(19,40)26(38)18(24(20)36)27(29)39/h5-6,13-14,17-21,24,33-34,36,40H,7-11H2,1-4H3,(H2,29,39)/t14-,17?,18?,19-,20+,21+,24?,28+/m0/s1. The Bertz CT molecular complexity index is 1260. The van der Waals surface area contributed by atoms with Crippen molar-refractivity contribution in [2.24, 2.45) is 29.4 Å². The first-order valence-corrected chi connectivity index (χ1v) is 13.7. The van der Waals surface area contributed by atoms with E-state index in [2.05, 4.69) is 4.90 Å².